The lowest BCUT2D eigenvalue weighted by atomic mass is 9.93. The van der Waals surface area contributed by atoms with Crippen LogP contribution in [0.25, 0.3) is 11.3 Å². The number of amides is 1. The number of ether oxygens (including phenoxy) is 2. The van der Waals surface area contributed by atoms with Gasteiger partial charge < -0.3 is 19.5 Å². The first-order valence-electron chi connectivity index (χ1n) is 14.3. The number of halogens is 2. The average molecular weight is 602 g/mol. The third-order valence-corrected chi connectivity index (χ3v) is 7.79. The number of carbonyl (C=O) groups excluding carboxylic acids is 1. The fourth-order valence-electron chi connectivity index (χ4n) is 5.65. The summed E-state index contributed by atoms with van der Waals surface area (Å²) in [7, 11) is 1.34. The molecule has 2 heterocycles. The van der Waals surface area contributed by atoms with Crippen molar-refractivity contribution in [3.63, 3.8) is 0 Å². The standard InChI is InChI=1S/C34H33F2N3O5/c1-43-34(42)39(20-23-9-4-2-5-10-23)30-13-8-16-38(32(30)22-44-21-24-11-6-3-7-12-24)31-19-37-29(18-26(31)33(40)41)25-14-15-27(35)28(36)17-25/h2-7,9-12,14-15,17-19,30,32H,8,13,16,20-22H2,1H3,(H,40,41). The van der Waals surface area contributed by atoms with E-state index in [0.29, 0.717) is 38.2 Å². The van der Waals surface area contributed by atoms with Crippen LogP contribution in [0.15, 0.2) is 91.1 Å². The molecule has 0 bridgehead atoms. The predicted octanol–water partition coefficient (Wildman–Crippen LogP) is 6.55. The minimum atomic E-state index is -1.20. The van der Waals surface area contributed by atoms with Crippen LogP contribution in [0, 0.1) is 11.6 Å². The van der Waals surface area contributed by atoms with Crippen LogP contribution < -0.4 is 4.90 Å². The molecule has 5 rings (SSSR count). The van der Waals surface area contributed by atoms with Gasteiger partial charge in [0.1, 0.15) is 0 Å². The molecule has 0 aliphatic carbocycles. The fraction of sp³-hybridized carbons (Fsp3) is 0.265. The maximum Gasteiger partial charge on any atom is 0.410 e. The normalized spacial score (nSPS) is 16.4. The molecule has 4 aromatic rings. The number of carboxylic acid groups (broad SMARTS) is 1. The van der Waals surface area contributed by atoms with Crippen molar-refractivity contribution in [1.29, 1.82) is 0 Å². The van der Waals surface area contributed by atoms with Crippen LogP contribution in [-0.4, -0.2) is 59.4 Å². The number of pyridine rings is 1. The van der Waals surface area contributed by atoms with E-state index in [-0.39, 0.29) is 29.5 Å². The second-order valence-corrected chi connectivity index (χ2v) is 10.6. The molecule has 0 radical (unpaired) electrons. The zero-order valence-electron chi connectivity index (χ0n) is 24.2. The monoisotopic (exact) mass is 601 g/mol. The van der Waals surface area contributed by atoms with Gasteiger partial charge in [-0.2, -0.15) is 0 Å². The van der Waals surface area contributed by atoms with Crippen molar-refractivity contribution in [3.8, 4) is 11.3 Å². The van der Waals surface area contributed by atoms with Gasteiger partial charge in [0.15, 0.2) is 11.6 Å². The second kappa shape index (κ2) is 14.1. The lowest BCUT2D eigenvalue weighted by molar-refractivity contribution is 0.0465. The summed E-state index contributed by atoms with van der Waals surface area (Å²) < 4.78 is 38.9. The van der Waals surface area contributed by atoms with Gasteiger partial charge in [-0.1, -0.05) is 60.7 Å². The first-order valence-corrected chi connectivity index (χ1v) is 14.3. The van der Waals surface area contributed by atoms with Crippen molar-refractivity contribution in [1.82, 2.24) is 9.88 Å². The van der Waals surface area contributed by atoms with Gasteiger partial charge in [0.25, 0.3) is 0 Å². The zero-order valence-corrected chi connectivity index (χ0v) is 24.2. The molecule has 44 heavy (non-hydrogen) atoms. The van der Waals surface area contributed by atoms with Gasteiger partial charge in [0.2, 0.25) is 0 Å². The molecule has 1 amide bonds. The Kier molecular flexibility index (Phi) is 9.81. The number of anilines is 1. The summed E-state index contributed by atoms with van der Waals surface area (Å²) in [5.41, 5.74) is 2.62. The lowest BCUT2D eigenvalue weighted by Crippen LogP contribution is -2.59. The minimum absolute atomic E-state index is 0.0545. The molecular weight excluding hydrogens is 568 g/mol. The van der Waals surface area contributed by atoms with Crippen LogP contribution >= 0.6 is 0 Å². The molecule has 2 unspecified atom stereocenters. The van der Waals surface area contributed by atoms with Gasteiger partial charge in [-0.05, 0) is 48.2 Å². The van der Waals surface area contributed by atoms with E-state index in [0.717, 1.165) is 23.3 Å². The zero-order chi connectivity index (χ0) is 31.1. The molecular formula is C34H33F2N3O5. The number of hydrogen-bond acceptors (Lipinski definition) is 6. The van der Waals surface area contributed by atoms with Gasteiger partial charge in [0.05, 0.1) is 55.5 Å². The molecule has 228 valence electrons. The van der Waals surface area contributed by atoms with Crippen LogP contribution in [0.5, 0.6) is 0 Å². The average Bonchev–Trinajstić information content (AvgIpc) is 3.05. The van der Waals surface area contributed by atoms with Crippen molar-refractivity contribution in [3.05, 3.63) is 119 Å². The molecule has 1 aromatic heterocycles. The van der Waals surface area contributed by atoms with E-state index < -0.39 is 29.7 Å². The first kappa shape index (κ1) is 30.6. The van der Waals surface area contributed by atoms with Gasteiger partial charge in [0, 0.05) is 18.7 Å². The molecule has 1 aliphatic heterocycles. The van der Waals surface area contributed by atoms with E-state index in [9.17, 15) is 23.5 Å². The van der Waals surface area contributed by atoms with Crippen LogP contribution in [0.4, 0.5) is 19.3 Å². The number of carboxylic acids is 1. The Morgan fingerprint density at radius 3 is 2.34 bits per heavy atom. The van der Waals surface area contributed by atoms with E-state index in [1.54, 1.807) is 4.90 Å². The highest BCUT2D eigenvalue weighted by molar-refractivity contribution is 5.95. The molecule has 3 aromatic carbocycles. The molecule has 1 aliphatic rings. The van der Waals surface area contributed by atoms with Crippen molar-refractivity contribution >= 4 is 17.7 Å². The predicted molar refractivity (Wildman–Crippen MR) is 161 cm³/mol. The highest BCUT2D eigenvalue weighted by atomic mass is 19.2. The second-order valence-electron chi connectivity index (χ2n) is 10.6. The number of methoxy groups -OCH3 is 1. The fourth-order valence-corrected chi connectivity index (χ4v) is 5.65. The van der Waals surface area contributed by atoms with Crippen molar-refractivity contribution in [2.24, 2.45) is 0 Å². The maximum absolute atomic E-state index is 14.0. The number of rotatable bonds is 10. The van der Waals surface area contributed by atoms with E-state index in [1.807, 2.05) is 65.6 Å². The Bertz CT molecular complexity index is 1590. The molecule has 10 heteroatoms. The van der Waals surface area contributed by atoms with Crippen LogP contribution in [0.1, 0.15) is 34.3 Å². The number of benzene rings is 3. The number of aromatic nitrogens is 1. The Labute approximate surface area is 254 Å². The first-order chi connectivity index (χ1) is 21.4. The third-order valence-electron chi connectivity index (χ3n) is 7.79. The number of hydrogen-bond donors (Lipinski definition) is 1. The van der Waals surface area contributed by atoms with E-state index >= 15 is 0 Å². The quantitative estimate of drug-likeness (QED) is 0.221. The van der Waals surface area contributed by atoms with Gasteiger partial charge in [-0.15, -0.1) is 0 Å². The number of aromatic carboxylic acids is 1. The Morgan fingerprint density at radius 2 is 1.68 bits per heavy atom. The van der Waals surface area contributed by atoms with E-state index in [1.165, 1.54) is 25.4 Å². The smallest absolute Gasteiger partial charge is 0.410 e. The summed E-state index contributed by atoms with van der Waals surface area (Å²) in [4.78, 5) is 33.8. The molecule has 8 nitrogen and oxygen atoms in total. The highest BCUT2D eigenvalue weighted by Crippen LogP contribution is 2.34. The molecule has 2 atom stereocenters. The minimum Gasteiger partial charge on any atom is -0.478 e. The van der Waals surface area contributed by atoms with Crippen molar-refractivity contribution < 1.29 is 33.0 Å². The summed E-state index contributed by atoms with van der Waals surface area (Å²) in [5, 5.41) is 10.3. The summed E-state index contributed by atoms with van der Waals surface area (Å²) in [6.45, 7) is 1.29. The number of nitrogens with zero attached hydrogens (tertiary/aromatic N) is 3. The lowest BCUT2D eigenvalue weighted by Gasteiger charge is -2.46. The summed E-state index contributed by atoms with van der Waals surface area (Å²) >= 11 is 0. The molecule has 1 saturated heterocycles. The maximum atomic E-state index is 14.0. The molecule has 1 N–H and O–H groups in total. The topological polar surface area (TPSA) is 92.2 Å². The molecule has 1 fully saturated rings. The SMILES string of the molecule is COC(=O)N(Cc1ccccc1)C1CCCN(c2cnc(-c3ccc(F)c(F)c3)cc2C(=O)O)C1COCc1ccccc1. The Balaban J connectivity index is 1.52. The van der Waals surface area contributed by atoms with E-state index in [4.69, 9.17) is 9.47 Å². The summed E-state index contributed by atoms with van der Waals surface area (Å²) in [5.74, 6) is -3.26. The largest absolute Gasteiger partial charge is 0.478 e. The van der Waals surface area contributed by atoms with Crippen LogP contribution in [-0.2, 0) is 22.6 Å². The number of carbonyl (C=O) groups is 2. The van der Waals surface area contributed by atoms with Gasteiger partial charge >= 0.3 is 12.1 Å². The third kappa shape index (κ3) is 7.03. The summed E-state index contributed by atoms with van der Waals surface area (Å²) in [6, 6.07) is 23.1. The molecule has 0 spiro atoms. The van der Waals surface area contributed by atoms with Crippen molar-refractivity contribution in [2.75, 3.05) is 25.2 Å². The van der Waals surface area contributed by atoms with Crippen molar-refractivity contribution in [2.45, 2.75) is 38.1 Å². The molecule has 0 saturated carbocycles. The van der Waals surface area contributed by atoms with Gasteiger partial charge in [-0.3, -0.25) is 9.88 Å². The van der Waals surface area contributed by atoms with Crippen LogP contribution in [0.2, 0.25) is 0 Å². The van der Waals surface area contributed by atoms with Gasteiger partial charge in [-0.25, -0.2) is 18.4 Å². The van der Waals surface area contributed by atoms with Crippen LogP contribution in [0.3, 0.4) is 0 Å². The van der Waals surface area contributed by atoms with E-state index in [2.05, 4.69) is 4.98 Å². The Morgan fingerprint density at radius 1 is 0.977 bits per heavy atom. The number of piperidine rings is 1. The Hall–Kier alpha value is -4.83. The summed E-state index contributed by atoms with van der Waals surface area (Å²) in [6.07, 6.45) is 2.23. The highest BCUT2D eigenvalue weighted by Gasteiger charge is 2.39.